The number of likely N-dealkylation sites (N-methyl/N-ethyl adjacent to an activating group) is 1. The summed E-state index contributed by atoms with van der Waals surface area (Å²) in [7, 11) is -3.25. The van der Waals surface area contributed by atoms with Crippen molar-refractivity contribution < 1.29 is 13.2 Å². The largest absolute Gasteiger partial charge is 0.335 e. The van der Waals surface area contributed by atoms with Crippen LogP contribution in [0.2, 0.25) is 0 Å². The van der Waals surface area contributed by atoms with Crippen LogP contribution >= 0.6 is 0 Å². The maximum absolute atomic E-state index is 12.5. The van der Waals surface area contributed by atoms with Crippen LogP contribution in [0.15, 0.2) is 65.6 Å². The van der Waals surface area contributed by atoms with Crippen LogP contribution in [0.5, 0.6) is 0 Å². The van der Waals surface area contributed by atoms with Crippen molar-refractivity contribution in [3.63, 3.8) is 0 Å². The summed E-state index contributed by atoms with van der Waals surface area (Å²) in [6, 6.07) is 15.9. The zero-order valence-corrected chi connectivity index (χ0v) is 14.7. The molecule has 0 aromatic heterocycles. The second-order valence-electron chi connectivity index (χ2n) is 5.45. The number of hydrogen-bond donors (Lipinski definition) is 0. The Labute approximate surface area is 143 Å². The van der Waals surface area contributed by atoms with E-state index in [2.05, 4.69) is 0 Å². The van der Waals surface area contributed by atoms with Gasteiger partial charge < -0.3 is 4.90 Å². The van der Waals surface area contributed by atoms with Gasteiger partial charge in [0.25, 0.3) is 5.91 Å². The molecule has 0 fully saturated rings. The smallest absolute Gasteiger partial charge is 0.254 e. The number of benzene rings is 2. The fraction of sp³-hybridized carbons (Fsp3) is 0.211. The van der Waals surface area contributed by atoms with Crippen LogP contribution in [-0.4, -0.2) is 38.6 Å². The Hall–Kier alpha value is -2.40. The van der Waals surface area contributed by atoms with Gasteiger partial charge in [-0.25, -0.2) is 8.42 Å². The van der Waals surface area contributed by atoms with Gasteiger partial charge in [0.1, 0.15) is 0 Å². The van der Waals surface area contributed by atoms with Crippen molar-refractivity contribution in [2.24, 2.45) is 0 Å². The van der Waals surface area contributed by atoms with E-state index in [1.807, 2.05) is 49.4 Å². The molecule has 0 aliphatic heterocycles. The zero-order valence-electron chi connectivity index (χ0n) is 13.8. The maximum Gasteiger partial charge on any atom is 0.254 e. The van der Waals surface area contributed by atoms with Crippen molar-refractivity contribution in [1.82, 2.24) is 4.90 Å². The highest BCUT2D eigenvalue weighted by atomic mass is 32.2. The quantitative estimate of drug-likeness (QED) is 0.809. The van der Waals surface area contributed by atoms with Gasteiger partial charge in [-0.15, -0.1) is 0 Å². The molecule has 4 nitrogen and oxygen atoms in total. The van der Waals surface area contributed by atoms with Crippen molar-refractivity contribution in [3.8, 4) is 0 Å². The molecule has 2 aromatic rings. The van der Waals surface area contributed by atoms with Gasteiger partial charge in [-0.05, 0) is 36.8 Å². The topological polar surface area (TPSA) is 54.5 Å². The minimum Gasteiger partial charge on any atom is -0.335 e. The van der Waals surface area contributed by atoms with Crippen LogP contribution in [0.25, 0.3) is 6.08 Å². The van der Waals surface area contributed by atoms with E-state index in [1.165, 1.54) is 12.1 Å². The Morgan fingerprint density at radius 1 is 1.04 bits per heavy atom. The number of carbonyl (C=O) groups is 1. The van der Waals surface area contributed by atoms with Gasteiger partial charge in [0.2, 0.25) is 0 Å². The van der Waals surface area contributed by atoms with Crippen molar-refractivity contribution >= 4 is 21.8 Å². The molecule has 1 amide bonds. The lowest BCUT2D eigenvalue weighted by molar-refractivity contribution is 0.0782. The van der Waals surface area contributed by atoms with E-state index in [-0.39, 0.29) is 10.8 Å². The van der Waals surface area contributed by atoms with E-state index in [4.69, 9.17) is 0 Å². The molecule has 0 saturated heterocycles. The van der Waals surface area contributed by atoms with Crippen molar-refractivity contribution in [1.29, 1.82) is 0 Å². The lowest BCUT2D eigenvalue weighted by Crippen LogP contribution is -2.30. The Morgan fingerprint density at radius 2 is 1.67 bits per heavy atom. The molecule has 0 spiro atoms. The standard InChI is InChI=1S/C19H21NO3S/c1-3-20(15-7-10-16-8-5-4-6-9-16)19(21)17-11-13-18(14-12-17)24(2,22)23/h4-14H,3,15H2,1-2H3. The maximum atomic E-state index is 12.5. The number of sulfone groups is 1. The van der Waals surface area contributed by atoms with E-state index in [0.29, 0.717) is 18.7 Å². The molecule has 126 valence electrons. The van der Waals surface area contributed by atoms with Gasteiger partial charge in [0, 0.05) is 24.9 Å². The summed E-state index contributed by atoms with van der Waals surface area (Å²) < 4.78 is 23.0. The number of amides is 1. The van der Waals surface area contributed by atoms with Crippen LogP contribution in [0.1, 0.15) is 22.8 Å². The lowest BCUT2D eigenvalue weighted by atomic mass is 10.2. The summed E-state index contributed by atoms with van der Waals surface area (Å²) in [4.78, 5) is 14.4. The van der Waals surface area contributed by atoms with Crippen LogP contribution < -0.4 is 0 Å². The molecule has 0 heterocycles. The minimum absolute atomic E-state index is 0.115. The molecular weight excluding hydrogens is 322 g/mol. The second kappa shape index (κ2) is 7.93. The Morgan fingerprint density at radius 3 is 2.21 bits per heavy atom. The second-order valence-corrected chi connectivity index (χ2v) is 7.47. The number of rotatable bonds is 6. The molecule has 0 aliphatic rings. The van der Waals surface area contributed by atoms with Crippen LogP contribution in [0, 0.1) is 0 Å². The molecule has 5 heteroatoms. The van der Waals surface area contributed by atoms with Gasteiger partial charge in [-0.3, -0.25) is 4.79 Å². The number of nitrogens with zero attached hydrogens (tertiary/aromatic N) is 1. The summed E-state index contributed by atoms with van der Waals surface area (Å²) in [6.07, 6.45) is 5.07. The predicted octanol–water partition coefficient (Wildman–Crippen LogP) is 3.27. The van der Waals surface area contributed by atoms with Crippen LogP contribution in [-0.2, 0) is 9.84 Å². The molecule has 0 radical (unpaired) electrons. The minimum atomic E-state index is -3.25. The average molecular weight is 343 g/mol. The number of carbonyl (C=O) groups excluding carboxylic acids is 1. The van der Waals surface area contributed by atoms with Gasteiger partial charge in [-0.1, -0.05) is 42.5 Å². The summed E-state index contributed by atoms with van der Waals surface area (Å²) in [5.41, 5.74) is 1.57. The van der Waals surface area contributed by atoms with E-state index < -0.39 is 9.84 Å². The van der Waals surface area contributed by atoms with Crippen molar-refractivity contribution in [2.45, 2.75) is 11.8 Å². The first-order chi connectivity index (χ1) is 11.4. The Kier molecular flexibility index (Phi) is 5.93. The molecule has 0 atom stereocenters. The third-order valence-corrected chi connectivity index (χ3v) is 4.76. The zero-order chi connectivity index (χ0) is 17.6. The average Bonchev–Trinajstić information content (AvgIpc) is 2.58. The van der Waals surface area contributed by atoms with Gasteiger partial charge in [0.05, 0.1) is 4.90 Å². The molecule has 24 heavy (non-hydrogen) atoms. The summed E-state index contributed by atoms with van der Waals surface area (Å²) in [5, 5.41) is 0. The summed E-state index contributed by atoms with van der Waals surface area (Å²) in [5.74, 6) is -0.115. The molecule has 2 aromatic carbocycles. The SMILES string of the molecule is CCN(CC=Cc1ccccc1)C(=O)c1ccc(S(C)(=O)=O)cc1. The first-order valence-electron chi connectivity index (χ1n) is 7.73. The van der Waals surface area contributed by atoms with Crippen molar-refractivity contribution in [2.75, 3.05) is 19.3 Å². The first-order valence-corrected chi connectivity index (χ1v) is 9.62. The van der Waals surface area contributed by atoms with Gasteiger partial charge >= 0.3 is 0 Å². The molecule has 0 saturated carbocycles. The highest BCUT2D eigenvalue weighted by molar-refractivity contribution is 7.90. The van der Waals surface area contributed by atoms with Crippen LogP contribution in [0.4, 0.5) is 0 Å². The fourth-order valence-electron chi connectivity index (χ4n) is 2.26. The Bertz CT molecular complexity index is 809. The molecule has 0 N–H and O–H groups in total. The Balaban J connectivity index is 2.07. The monoisotopic (exact) mass is 343 g/mol. The summed E-state index contributed by atoms with van der Waals surface area (Å²) >= 11 is 0. The highest BCUT2D eigenvalue weighted by Crippen LogP contribution is 2.12. The lowest BCUT2D eigenvalue weighted by Gasteiger charge is -2.19. The first kappa shape index (κ1) is 17.9. The molecule has 2 rings (SSSR count). The molecule has 0 unspecified atom stereocenters. The van der Waals surface area contributed by atoms with Gasteiger partial charge in [-0.2, -0.15) is 0 Å². The predicted molar refractivity (Wildman–Crippen MR) is 96.6 cm³/mol. The summed E-state index contributed by atoms with van der Waals surface area (Å²) in [6.45, 7) is 2.99. The molecular formula is C19H21NO3S. The van der Waals surface area contributed by atoms with E-state index >= 15 is 0 Å². The van der Waals surface area contributed by atoms with E-state index in [1.54, 1.807) is 17.0 Å². The van der Waals surface area contributed by atoms with Crippen molar-refractivity contribution in [3.05, 3.63) is 71.8 Å². The third-order valence-electron chi connectivity index (χ3n) is 3.63. The molecule has 0 aliphatic carbocycles. The highest BCUT2D eigenvalue weighted by Gasteiger charge is 2.14. The van der Waals surface area contributed by atoms with E-state index in [9.17, 15) is 13.2 Å². The normalized spacial score (nSPS) is 11.6. The van der Waals surface area contributed by atoms with Crippen LogP contribution in [0.3, 0.4) is 0 Å². The van der Waals surface area contributed by atoms with Gasteiger partial charge in [0.15, 0.2) is 9.84 Å². The third kappa shape index (κ3) is 4.80. The molecule has 0 bridgehead atoms. The number of hydrogen-bond acceptors (Lipinski definition) is 3. The fourth-order valence-corrected chi connectivity index (χ4v) is 2.89. The van der Waals surface area contributed by atoms with E-state index in [0.717, 1.165) is 11.8 Å².